The van der Waals surface area contributed by atoms with Crippen molar-refractivity contribution in [2.24, 2.45) is 4.99 Å². The van der Waals surface area contributed by atoms with E-state index in [1.165, 1.54) is 16.5 Å². The minimum Gasteiger partial charge on any atom is -0.345 e. The monoisotopic (exact) mass is 218 g/mol. The van der Waals surface area contributed by atoms with E-state index in [1.807, 2.05) is 11.8 Å². The molecule has 0 N–H and O–H groups in total. The lowest BCUT2D eigenvalue weighted by Gasteiger charge is -2.18. The van der Waals surface area contributed by atoms with Crippen molar-refractivity contribution in [3.8, 4) is 0 Å². The molecular formula is C12H14N2S. The summed E-state index contributed by atoms with van der Waals surface area (Å²) >= 11 is 1.90. The van der Waals surface area contributed by atoms with Crippen LogP contribution in [0.25, 0.3) is 0 Å². The van der Waals surface area contributed by atoms with Gasteiger partial charge in [-0.15, -0.1) is 0 Å². The molecule has 78 valence electrons. The van der Waals surface area contributed by atoms with Crippen molar-refractivity contribution in [3.63, 3.8) is 0 Å². The van der Waals surface area contributed by atoms with Crippen molar-refractivity contribution >= 4 is 16.9 Å². The van der Waals surface area contributed by atoms with Crippen molar-refractivity contribution in [2.75, 3.05) is 12.3 Å². The molecule has 1 fully saturated rings. The molecule has 2 nitrogen and oxygen atoms in total. The molecule has 0 bridgehead atoms. The summed E-state index contributed by atoms with van der Waals surface area (Å²) in [6.45, 7) is 3.34. The Morgan fingerprint density at radius 1 is 1.33 bits per heavy atom. The Morgan fingerprint density at radius 2 is 2.13 bits per heavy atom. The Labute approximate surface area is 94.4 Å². The third kappa shape index (κ3) is 1.55. The highest BCUT2D eigenvalue weighted by molar-refractivity contribution is 8.14. The lowest BCUT2D eigenvalue weighted by atomic mass is 10.1. The van der Waals surface area contributed by atoms with Gasteiger partial charge in [-0.05, 0) is 12.5 Å². The minimum atomic E-state index is 0.358. The van der Waals surface area contributed by atoms with Gasteiger partial charge in [-0.3, -0.25) is 4.99 Å². The Hall–Kier alpha value is -0.960. The van der Waals surface area contributed by atoms with E-state index in [2.05, 4.69) is 42.2 Å². The number of rotatable bonds is 1. The van der Waals surface area contributed by atoms with Crippen LogP contribution >= 0.6 is 11.8 Å². The maximum absolute atomic E-state index is 4.78. The molecule has 15 heavy (non-hydrogen) atoms. The van der Waals surface area contributed by atoms with Crippen LogP contribution in [-0.4, -0.2) is 28.4 Å². The van der Waals surface area contributed by atoms with Gasteiger partial charge in [0, 0.05) is 18.3 Å². The van der Waals surface area contributed by atoms with Gasteiger partial charge in [-0.1, -0.05) is 42.1 Å². The van der Waals surface area contributed by atoms with Crippen LogP contribution < -0.4 is 0 Å². The van der Waals surface area contributed by atoms with Crippen molar-refractivity contribution < 1.29 is 0 Å². The average molecular weight is 218 g/mol. The van der Waals surface area contributed by atoms with Crippen LogP contribution in [-0.2, 0) is 0 Å². The molecule has 0 saturated carbocycles. The second-order valence-electron chi connectivity index (χ2n) is 4.15. The molecule has 2 heterocycles. The molecule has 1 aromatic carbocycles. The zero-order chi connectivity index (χ0) is 10.3. The number of benzene rings is 1. The maximum Gasteiger partial charge on any atom is 0.160 e. The van der Waals surface area contributed by atoms with Gasteiger partial charge < -0.3 is 4.90 Å². The van der Waals surface area contributed by atoms with Crippen LogP contribution in [0.3, 0.4) is 0 Å². The summed E-state index contributed by atoms with van der Waals surface area (Å²) in [7, 11) is 0. The number of thioether (sulfide) groups is 1. The maximum atomic E-state index is 4.78. The highest BCUT2D eigenvalue weighted by atomic mass is 32.2. The average Bonchev–Trinajstić information content (AvgIpc) is 2.83. The third-order valence-corrected chi connectivity index (χ3v) is 4.30. The van der Waals surface area contributed by atoms with Gasteiger partial charge in [0.05, 0.1) is 6.04 Å². The van der Waals surface area contributed by atoms with E-state index in [0.29, 0.717) is 12.1 Å². The van der Waals surface area contributed by atoms with Gasteiger partial charge in [-0.25, -0.2) is 0 Å². The van der Waals surface area contributed by atoms with E-state index in [9.17, 15) is 0 Å². The summed E-state index contributed by atoms with van der Waals surface area (Å²) in [5, 5.41) is 1.25. The third-order valence-electron chi connectivity index (χ3n) is 3.05. The Kier molecular flexibility index (Phi) is 2.20. The largest absolute Gasteiger partial charge is 0.345 e. The summed E-state index contributed by atoms with van der Waals surface area (Å²) < 4.78 is 0. The van der Waals surface area contributed by atoms with Crippen LogP contribution in [0.15, 0.2) is 35.3 Å². The molecule has 1 aromatic rings. The van der Waals surface area contributed by atoms with Gasteiger partial charge in [0.1, 0.15) is 0 Å². The van der Waals surface area contributed by atoms with Gasteiger partial charge in [0.15, 0.2) is 5.17 Å². The SMILES string of the molecule is CC1CSC2=NC(c3ccccc3)CN21. The molecule has 0 amide bonds. The summed E-state index contributed by atoms with van der Waals surface area (Å²) in [6, 6.07) is 11.6. The Balaban J connectivity index is 1.86. The van der Waals surface area contributed by atoms with E-state index in [0.717, 1.165) is 6.54 Å². The first-order chi connectivity index (χ1) is 7.34. The second-order valence-corrected chi connectivity index (χ2v) is 5.14. The van der Waals surface area contributed by atoms with Crippen molar-refractivity contribution in [1.82, 2.24) is 4.90 Å². The molecule has 3 rings (SSSR count). The molecule has 1 saturated heterocycles. The number of nitrogens with zero attached hydrogens (tertiary/aromatic N) is 2. The molecule has 0 aromatic heterocycles. The molecule has 2 atom stereocenters. The first-order valence-electron chi connectivity index (χ1n) is 5.37. The predicted molar refractivity (Wildman–Crippen MR) is 65.2 cm³/mol. The molecule has 2 unspecified atom stereocenters. The fourth-order valence-corrected chi connectivity index (χ4v) is 3.33. The topological polar surface area (TPSA) is 15.6 Å². The zero-order valence-corrected chi connectivity index (χ0v) is 9.57. The number of hydrogen-bond acceptors (Lipinski definition) is 3. The van der Waals surface area contributed by atoms with E-state index in [4.69, 9.17) is 4.99 Å². The smallest absolute Gasteiger partial charge is 0.160 e. The lowest BCUT2D eigenvalue weighted by molar-refractivity contribution is 0.377. The fourth-order valence-electron chi connectivity index (χ4n) is 2.14. The van der Waals surface area contributed by atoms with Gasteiger partial charge >= 0.3 is 0 Å². The molecular weight excluding hydrogens is 204 g/mol. The van der Waals surface area contributed by atoms with E-state index < -0.39 is 0 Å². The van der Waals surface area contributed by atoms with Crippen LogP contribution in [0.5, 0.6) is 0 Å². The van der Waals surface area contributed by atoms with Gasteiger partial charge in [0.25, 0.3) is 0 Å². The molecule has 2 aliphatic heterocycles. The van der Waals surface area contributed by atoms with Crippen molar-refractivity contribution in [1.29, 1.82) is 0 Å². The van der Waals surface area contributed by atoms with Crippen LogP contribution in [0.2, 0.25) is 0 Å². The minimum absolute atomic E-state index is 0.358. The Morgan fingerprint density at radius 3 is 2.87 bits per heavy atom. The molecule has 0 aliphatic carbocycles. The summed E-state index contributed by atoms with van der Waals surface area (Å²) in [5.74, 6) is 1.19. The normalized spacial score (nSPS) is 29.1. The number of aliphatic imine (C=N–C) groups is 1. The van der Waals surface area contributed by atoms with Crippen molar-refractivity contribution in [3.05, 3.63) is 35.9 Å². The molecule has 3 heteroatoms. The quantitative estimate of drug-likeness (QED) is 0.720. The number of amidine groups is 1. The molecule has 2 aliphatic rings. The van der Waals surface area contributed by atoms with E-state index in [1.54, 1.807) is 0 Å². The number of hydrogen-bond donors (Lipinski definition) is 0. The lowest BCUT2D eigenvalue weighted by Crippen LogP contribution is -2.29. The fraction of sp³-hybridized carbons (Fsp3) is 0.417. The Bertz CT molecular complexity index is 388. The van der Waals surface area contributed by atoms with Crippen LogP contribution in [0.4, 0.5) is 0 Å². The first-order valence-corrected chi connectivity index (χ1v) is 6.35. The van der Waals surface area contributed by atoms with Gasteiger partial charge in [-0.2, -0.15) is 0 Å². The standard InChI is InChI=1S/C12H14N2S/c1-9-8-15-12-13-11(7-14(9)12)10-5-3-2-4-6-10/h2-6,9,11H,7-8H2,1H3. The van der Waals surface area contributed by atoms with Crippen LogP contribution in [0.1, 0.15) is 18.5 Å². The zero-order valence-electron chi connectivity index (χ0n) is 8.76. The second kappa shape index (κ2) is 3.56. The summed E-state index contributed by atoms with van der Waals surface area (Å²) in [4.78, 5) is 7.21. The van der Waals surface area contributed by atoms with E-state index >= 15 is 0 Å². The van der Waals surface area contributed by atoms with Crippen molar-refractivity contribution in [2.45, 2.75) is 19.0 Å². The predicted octanol–water partition coefficient (Wildman–Crippen LogP) is 2.53. The highest BCUT2D eigenvalue weighted by Gasteiger charge is 2.34. The number of fused-ring (bicyclic) bond motifs is 1. The highest BCUT2D eigenvalue weighted by Crippen LogP contribution is 2.34. The molecule has 0 radical (unpaired) electrons. The van der Waals surface area contributed by atoms with Gasteiger partial charge in [0.2, 0.25) is 0 Å². The van der Waals surface area contributed by atoms with Crippen LogP contribution in [0, 0.1) is 0 Å². The summed E-state index contributed by atoms with van der Waals surface area (Å²) in [6.07, 6.45) is 0. The van der Waals surface area contributed by atoms with E-state index in [-0.39, 0.29) is 0 Å². The molecule has 0 spiro atoms. The summed E-state index contributed by atoms with van der Waals surface area (Å²) in [5.41, 5.74) is 1.34. The first kappa shape index (κ1) is 9.28.